The molecule has 0 aliphatic carbocycles. The third-order valence-electron chi connectivity index (χ3n) is 3.21. The molecule has 0 radical (unpaired) electrons. The Morgan fingerprint density at radius 2 is 1.90 bits per heavy atom. The van der Waals surface area contributed by atoms with Crippen LogP contribution in [0.4, 0.5) is 0 Å². The number of fused-ring (bicyclic) bond motifs is 1. The first kappa shape index (κ1) is 14.0. The molecule has 104 valence electrons. The molecule has 0 aromatic heterocycles. The van der Waals surface area contributed by atoms with Gasteiger partial charge in [-0.3, -0.25) is 14.9 Å². The molecule has 2 atom stereocenters. The van der Waals surface area contributed by atoms with Gasteiger partial charge >= 0.3 is 5.97 Å². The summed E-state index contributed by atoms with van der Waals surface area (Å²) in [6, 6.07) is 10.2. The Labute approximate surface area is 115 Å². The Morgan fingerprint density at radius 1 is 1.25 bits per heavy atom. The Hall–Kier alpha value is -2.47. The molecule has 0 fully saturated rings. The zero-order valence-electron chi connectivity index (χ0n) is 10.6. The van der Waals surface area contributed by atoms with Gasteiger partial charge in [0.05, 0.1) is 0 Å². The van der Waals surface area contributed by atoms with E-state index in [1.54, 1.807) is 18.2 Å². The third-order valence-corrected chi connectivity index (χ3v) is 3.21. The average molecular weight is 274 g/mol. The van der Waals surface area contributed by atoms with Crippen molar-refractivity contribution in [2.45, 2.75) is 18.5 Å². The lowest BCUT2D eigenvalue weighted by Crippen LogP contribution is -2.33. The van der Waals surface area contributed by atoms with Gasteiger partial charge < -0.3 is 10.8 Å². The third kappa shape index (κ3) is 2.92. The summed E-state index contributed by atoms with van der Waals surface area (Å²) >= 11 is 0. The van der Waals surface area contributed by atoms with Crippen molar-refractivity contribution in [3.63, 3.8) is 0 Å². The van der Waals surface area contributed by atoms with Crippen molar-refractivity contribution in [1.82, 2.24) is 0 Å². The SMILES string of the molecule is N[C@@H](CC(c1ccc2ccccc2c1)[N+](=O)[O-])C(=O)O. The summed E-state index contributed by atoms with van der Waals surface area (Å²) in [6.07, 6.45) is -0.235. The van der Waals surface area contributed by atoms with Crippen LogP contribution in [0.3, 0.4) is 0 Å². The van der Waals surface area contributed by atoms with Crippen molar-refractivity contribution in [2.24, 2.45) is 5.73 Å². The zero-order chi connectivity index (χ0) is 14.7. The van der Waals surface area contributed by atoms with E-state index in [4.69, 9.17) is 10.8 Å². The highest BCUT2D eigenvalue weighted by atomic mass is 16.6. The van der Waals surface area contributed by atoms with E-state index in [1.807, 2.05) is 24.3 Å². The molecule has 6 nitrogen and oxygen atoms in total. The number of hydrogen-bond donors (Lipinski definition) is 2. The highest BCUT2D eigenvalue weighted by molar-refractivity contribution is 5.83. The molecule has 6 heteroatoms. The first-order valence-corrected chi connectivity index (χ1v) is 6.09. The topological polar surface area (TPSA) is 106 Å². The van der Waals surface area contributed by atoms with Crippen molar-refractivity contribution in [3.05, 3.63) is 58.1 Å². The second-order valence-electron chi connectivity index (χ2n) is 4.59. The van der Waals surface area contributed by atoms with Crippen LogP contribution >= 0.6 is 0 Å². The molecule has 1 unspecified atom stereocenters. The summed E-state index contributed by atoms with van der Waals surface area (Å²) in [5, 5.41) is 21.8. The first-order chi connectivity index (χ1) is 9.49. The van der Waals surface area contributed by atoms with E-state index in [0.29, 0.717) is 5.56 Å². The molecule has 0 aliphatic heterocycles. The van der Waals surface area contributed by atoms with E-state index in [-0.39, 0.29) is 6.42 Å². The Morgan fingerprint density at radius 3 is 2.50 bits per heavy atom. The quantitative estimate of drug-likeness (QED) is 0.640. The predicted octanol–water partition coefficient (Wildman–Crippen LogP) is 1.96. The van der Waals surface area contributed by atoms with Crippen LogP contribution in [-0.2, 0) is 4.79 Å². The molecule has 2 aromatic rings. The number of rotatable bonds is 5. The molecule has 0 bridgehead atoms. The van der Waals surface area contributed by atoms with Gasteiger partial charge in [-0.25, -0.2) is 0 Å². The maximum atomic E-state index is 11.2. The number of benzene rings is 2. The summed E-state index contributed by atoms with van der Waals surface area (Å²) < 4.78 is 0. The van der Waals surface area contributed by atoms with Gasteiger partial charge in [-0.1, -0.05) is 36.4 Å². The van der Waals surface area contributed by atoms with E-state index < -0.39 is 23.0 Å². The minimum atomic E-state index is -1.25. The van der Waals surface area contributed by atoms with E-state index in [2.05, 4.69) is 0 Å². The number of hydrogen-bond acceptors (Lipinski definition) is 4. The summed E-state index contributed by atoms with van der Waals surface area (Å²) in [7, 11) is 0. The largest absolute Gasteiger partial charge is 0.480 e. The zero-order valence-corrected chi connectivity index (χ0v) is 10.6. The minimum Gasteiger partial charge on any atom is -0.480 e. The van der Waals surface area contributed by atoms with Crippen LogP contribution in [-0.4, -0.2) is 22.0 Å². The van der Waals surface area contributed by atoms with Crippen molar-refractivity contribution in [2.75, 3.05) is 0 Å². The number of carbonyl (C=O) groups is 1. The maximum Gasteiger partial charge on any atom is 0.320 e. The fourth-order valence-corrected chi connectivity index (χ4v) is 2.10. The number of carboxylic acids is 1. The lowest BCUT2D eigenvalue weighted by atomic mass is 9.97. The van der Waals surface area contributed by atoms with Crippen LogP contribution in [0.1, 0.15) is 18.0 Å². The van der Waals surface area contributed by atoms with Gasteiger partial charge in [-0.2, -0.15) is 0 Å². The van der Waals surface area contributed by atoms with Crippen molar-refractivity contribution < 1.29 is 14.8 Å². The van der Waals surface area contributed by atoms with Crippen LogP contribution in [0, 0.1) is 10.1 Å². The van der Waals surface area contributed by atoms with Crippen molar-refractivity contribution in [1.29, 1.82) is 0 Å². The molecule has 0 spiro atoms. The molecule has 2 aromatic carbocycles. The molecular formula is C14H14N2O4. The molecule has 0 saturated carbocycles. The van der Waals surface area contributed by atoms with Gasteiger partial charge in [-0.15, -0.1) is 0 Å². The van der Waals surface area contributed by atoms with E-state index >= 15 is 0 Å². The molecule has 0 aliphatic rings. The summed E-state index contributed by atoms with van der Waals surface area (Å²) in [4.78, 5) is 21.4. The fourth-order valence-electron chi connectivity index (χ4n) is 2.10. The van der Waals surface area contributed by atoms with Gasteiger partial charge in [-0.05, 0) is 16.8 Å². The van der Waals surface area contributed by atoms with Crippen LogP contribution in [0.5, 0.6) is 0 Å². The molecular weight excluding hydrogens is 260 g/mol. The summed E-state index contributed by atoms with van der Waals surface area (Å²) in [5.74, 6) is -1.24. The number of nitro groups is 1. The van der Waals surface area contributed by atoms with E-state index in [9.17, 15) is 14.9 Å². The van der Waals surface area contributed by atoms with E-state index in [0.717, 1.165) is 10.8 Å². The number of aliphatic carboxylic acids is 1. The highest BCUT2D eigenvalue weighted by Gasteiger charge is 2.28. The second-order valence-corrected chi connectivity index (χ2v) is 4.59. The second kappa shape index (κ2) is 5.66. The normalized spacial score (nSPS) is 13.8. The number of nitrogens with two attached hydrogens (primary N) is 1. The molecule has 3 N–H and O–H groups in total. The number of carboxylic acid groups (broad SMARTS) is 1. The number of nitrogens with zero attached hydrogens (tertiary/aromatic N) is 1. The fraction of sp³-hybridized carbons (Fsp3) is 0.214. The summed E-state index contributed by atoms with van der Waals surface area (Å²) in [6.45, 7) is 0. The van der Waals surface area contributed by atoms with Gasteiger partial charge in [0.15, 0.2) is 0 Å². The minimum absolute atomic E-state index is 0.235. The maximum absolute atomic E-state index is 11.2. The molecule has 0 amide bonds. The van der Waals surface area contributed by atoms with Gasteiger partial charge in [0.2, 0.25) is 6.04 Å². The average Bonchev–Trinajstić information content (AvgIpc) is 2.43. The Kier molecular flexibility index (Phi) is 3.95. The van der Waals surface area contributed by atoms with Crippen LogP contribution < -0.4 is 5.73 Å². The molecule has 0 heterocycles. The van der Waals surface area contributed by atoms with Gasteiger partial charge in [0, 0.05) is 16.9 Å². The predicted molar refractivity (Wildman–Crippen MR) is 73.9 cm³/mol. The molecule has 0 saturated heterocycles. The van der Waals surface area contributed by atoms with Crippen molar-refractivity contribution >= 4 is 16.7 Å². The van der Waals surface area contributed by atoms with Crippen LogP contribution in [0.15, 0.2) is 42.5 Å². The lowest BCUT2D eigenvalue weighted by molar-refractivity contribution is -0.530. The standard InChI is InChI=1S/C14H14N2O4/c15-12(14(17)18)8-13(16(19)20)11-6-5-9-3-1-2-4-10(9)7-11/h1-7,12-13H,8,15H2,(H,17,18)/t12-,13?/m0/s1. The van der Waals surface area contributed by atoms with Crippen LogP contribution in [0.25, 0.3) is 10.8 Å². The monoisotopic (exact) mass is 274 g/mol. The van der Waals surface area contributed by atoms with Gasteiger partial charge in [0.1, 0.15) is 6.04 Å². The highest BCUT2D eigenvalue weighted by Crippen LogP contribution is 2.25. The van der Waals surface area contributed by atoms with Crippen molar-refractivity contribution in [3.8, 4) is 0 Å². The Balaban J connectivity index is 2.36. The summed E-state index contributed by atoms with van der Waals surface area (Å²) in [5.41, 5.74) is 5.86. The first-order valence-electron chi connectivity index (χ1n) is 6.09. The van der Waals surface area contributed by atoms with E-state index in [1.165, 1.54) is 0 Å². The Bertz CT molecular complexity index is 656. The molecule has 20 heavy (non-hydrogen) atoms. The smallest absolute Gasteiger partial charge is 0.320 e. The lowest BCUT2D eigenvalue weighted by Gasteiger charge is -2.13. The van der Waals surface area contributed by atoms with Gasteiger partial charge in [0.25, 0.3) is 0 Å². The van der Waals surface area contributed by atoms with Crippen LogP contribution in [0.2, 0.25) is 0 Å². The molecule has 2 rings (SSSR count).